The van der Waals surface area contributed by atoms with Gasteiger partial charge in [-0.05, 0) is 0 Å². The summed E-state index contributed by atoms with van der Waals surface area (Å²) >= 11 is 0. The first-order valence-corrected chi connectivity index (χ1v) is 0. The van der Waals surface area contributed by atoms with Crippen LogP contribution in [0.25, 0.3) is 0 Å². The Morgan fingerprint density at radius 3 is 0.0690 bits per heavy atom. The predicted octanol–water partition coefficient (Wildman–Crippen LogP) is -2.30. The van der Waals surface area contributed by atoms with Crippen LogP contribution in [0.2, 0.25) is 0 Å². The molecule has 0 atom stereocenters. The maximum atomic E-state index is 0. The van der Waals surface area contributed by atoms with Crippen LogP contribution in [0.3, 0.4) is 0 Å². The zero-order chi connectivity index (χ0) is 0. The number of rotatable bonds is 0. The maximum Gasteiger partial charge on any atom is 0 e. The monoisotopic (exact) mass is 2960 g/mol. The van der Waals surface area contributed by atoms with Crippen LogP contribution in [-0.4, -0.2) is 0 Å². The van der Waals surface area contributed by atoms with Gasteiger partial charge in [-0.2, -0.15) is 0 Å². The quantitative estimate of drug-likeness (QED) is 0.149. The van der Waals surface area contributed by atoms with Gasteiger partial charge in [-0.25, -0.2) is 0 Å². The summed E-state index contributed by atoms with van der Waals surface area (Å²) in [5.74, 6) is 0. The first kappa shape index (κ1) is 6290. The molecule has 0 aromatic rings. The minimum absolute atomic E-state index is 0. The molecule has 0 aliphatic heterocycles. The summed E-state index contributed by atoms with van der Waals surface area (Å²) in [4.78, 5) is 0. The molecule has 0 aromatic carbocycles. The van der Waals surface area contributed by atoms with Crippen molar-refractivity contribution in [1.82, 2.24) is 36.9 Å². The third-order valence-electron chi connectivity index (χ3n) is 0. The molecule has 46 nitrogen and oxygen atoms in total. The summed E-state index contributed by atoms with van der Waals surface area (Å²) in [5.41, 5.74) is 0. The van der Waals surface area contributed by atoms with E-state index in [-0.39, 0.29) is 512 Å². The average molecular weight is 2960 g/mol. The molecule has 0 spiro atoms. The SMILES string of the molecule is [H].[H].[NH4+].[NH4+].[NH4+].[NH4+].[NH4+].[NH4+].[O-2].[O-2].[O-2].[O-2].[O-2].[O-2].[O-2].[O-2].[O-2].[O-2].[O-2].[O-2].[O-2].[O-2].[O-2].[O-2].[O-2].[O-2].[O-2].[O-2].[O-2].[O-2].[O-2].[O-2].[O-2].[O-2].[O-2].[O-2].[O-2].[O-2].[O-2].[O-2].[O-2].[O-2].[O-2].[O-2].[O-2].[O-2].[O-2].[O-2].[W].[W].[W].[W].[W].[W].[W].[W].[W].[W].[W].[W]. The Balaban J connectivity index is 0. The third kappa shape index (κ3) is 5710. The standard InChI is InChI=1S/6H3N.40O.12W.2H/h6*1H3;;;;;;;;;;;;;;;;;;;;;;;;;;;;;;;;;;;;;;;;;;;;;;;;;;;;;;/q;;;;;;40*-2;;;;;;;;;;;;;;/p+6. The van der Waals surface area contributed by atoms with Gasteiger partial charge in [0.2, 0.25) is 0 Å². The van der Waals surface area contributed by atoms with Gasteiger partial charge in [-0.1, -0.05) is 0 Å². The van der Waals surface area contributed by atoms with E-state index in [0.29, 0.717) is 0 Å². The first-order valence-electron chi connectivity index (χ1n) is 0. The van der Waals surface area contributed by atoms with Gasteiger partial charge in [-0.3, -0.25) is 0 Å². The van der Waals surface area contributed by atoms with E-state index in [1.807, 2.05) is 0 Å². The zero-order valence-corrected chi connectivity index (χ0v) is 62.4. The van der Waals surface area contributed by atoms with Crippen LogP contribution < -0.4 is 36.9 Å². The summed E-state index contributed by atoms with van der Waals surface area (Å²) in [6.45, 7) is 0. The van der Waals surface area contributed by atoms with Gasteiger partial charge < -0.3 is 256 Å². The van der Waals surface area contributed by atoms with E-state index < -0.39 is 0 Å². The van der Waals surface area contributed by atoms with Crippen LogP contribution in [0, 0.1) is 0 Å². The Morgan fingerprint density at radius 1 is 0.0690 bits per heavy atom. The molecule has 0 unspecified atom stereocenters. The molecule has 0 saturated heterocycles. The fraction of sp³-hybridized carbons (Fsp3) is 0. The number of hydrogen-bond donors (Lipinski definition) is 6. The largest absolute Gasteiger partial charge is 2.00 e. The molecule has 0 fully saturated rings. The van der Waals surface area contributed by atoms with Crippen molar-refractivity contribution < 1.29 is 475 Å². The summed E-state index contributed by atoms with van der Waals surface area (Å²) in [6.07, 6.45) is 0. The van der Waals surface area contributed by atoms with Gasteiger partial charge in [0, 0.05) is 256 Å². The van der Waals surface area contributed by atoms with Crippen LogP contribution in [-0.2, 0) is 472 Å². The molecule has 442 valence electrons. The Morgan fingerprint density at radius 2 is 0.0690 bits per heavy atom. The molecule has 24 N–H and O–H groups in total. The summed E-state index contributed by atoms with van der Waals surface area (Å²) in [7, 11) is 0. The minimum Gasteiger partial charge on any atom is -2.00 e. The van der Waals surface area contributed by atoms with E-state index >= 15 is 0 Å². The van der Waals surface area contributed by atoms with Crippen LogP contribution in [0.5, 0.6) is 0 Å². The van der Waals surface area contributed by atoms with Crippen LogP contribution in [0.4, 0.5) is 0 Å². The molecule has 0 rings (SSSR count). The van der Waals surface area contributed by atoms with Gasteiger partial charge >= 0.3 is 0 Å². The van der Waals surface area contributed by atoms with Crippen molar-refractivity contribution in [3.05, 3.63) is 0 Å². The molecule has 0 aliphatic rings. The molecular formula is H26N6O40W12-74. The number of hydrogen-bond acceptors (Lipinski definition) is 0. The summed E-state index contributed by atoms with van der Waals surface area (Å²) in [5, 5.41) is 0. The fourth-order valence-corrected chi connectivity index (χ4v) is 0. The molecule has 58 heavy (non-hydrogen) atoms. The van der Waals surface area contributed by atoms with Crippen molar-refractivity contribution in [3.63, 3.8) is 0 Å². The normalized spacial score (nSPS) is 0. The van der Waals surface area contributed by atoms with Crippen molar-refractivity contribution in [2.75, 3.05) is 0 Å². The second-order valence-corrected chi connectivity index (χ2v) is 0. The van der Waals surface area contributed by atoms with Gasteiger partial charge in [-0.15, -0.1) is 0 Å². The topological polar surface area (TPSA) is 1360 Å². The van der Waals surface area contributed by atoms with Crippen LogP contribution in [0.1, 0.15) is 2.85 Å². The third-order valence-corrected chi connectivity index (χ3v) is 0. The Bertz CT molecular complexity index is 81.0. The molecule has 0 aromatic heterocycles. The van der Waals surface area contributed by atoms with E-state index in [1.165, 1.54) is 0 Å². The van der Waals surface area contributed by atoms with Crippen molar-refractivity contribution >= 4 is 0 Å². The summed E-state index contributed by atoms with van der Waals surface area (Å²) in [6, 6.07) is 0. The molecular weight excluding hydrogens is 2930 g/mol. The van der Waals surface area contributed by atoms with Crippen LogP contribution >= 0.6 is 0 Å². The van der Waals surface area contributed by atoms with E-state index in [9.17, 15) is 0 Å². The molecule has 0 amide bonds. The average Bonchev–Trinajstić information content (AvgIpc) is 0. The van der Waals surface area contributed by atoms with Crippen molar-refractivity contribution in [2.45, 2.75) is 0 Å². The van der Waals surface area contributed by atoms with E-state index in [4.69, 9.17) is 0 Å². The Kier molecular flexibility index (Phi) is 650000. The fourth-order valence-electron chi connectivity index (χ4n) is 0. The molecule has 58 heteroatoms. The smallest absolute Gasteiger partial charge is 0 e. The number of quaternary nitrogens is 6. The second-order valence-electron chi connectivity index (χ2n) is 0. The summed E-state index contributed by atoms with van der Waals surface area (Å²) < 4.78 is 0. The molecule has 0 saturated carbocycles. The Hall–Kier alpha value is 6.42. The minimum atomic E-state index is 0. The van der Waals surface area contributed by atoms with E-state index in [0.717, 1.165) is 0 Å². The Labute approximate surface area is 505 Å². The van der Waals surface area contributed by atoms with E-state index in [1.54, 1.807) is 0 Å². The van der Waals surface area contributed by atoms with Crippen molar-refractivity contribution in [2.24, 2.45) is 0 Å². The first-order chi connectivity index (χ1) is 0. The van der Waals surface area contributed by atoms with Gasteiger partial charge in [0.25, 0.3) is 0 Å². The predicted molar refractivity (Wildman–Crippen MR) is 65.6 cm³/mol. The zero-order valence-electron chi connectivity index (χ0n) is 29.2. The van der Waals surface area contributed by atoms with E-state index in [2.05, 4.69) is 0 Å². The van der Waals surface area contributed by atoms with Gasteiger partial charge in [0.05, 0.1) is 0 Å². The molecule has 0 bridgehead atoms. The van der Waals surface area contributed by atoms with Crippen molar-refractivity contribution in [1.29, 1.82) is 0 Å². The van der Waals surface area contributed by atoms with Crippen LogP contribution in [0.15, 0.2) is 0 Å². The van der Waals surface area contributed by atoms with Crippen molar-refractivity contribution in [3.8, 4) is 0 Å². The maximum absolute atomic E-state index is 0. The van der Waals surface area contributed by atoms with Gasteiger partial charge in [0.15, 0.2) is 0 Å². The molecule has 0 heterocycles. The van der Waals surface area contributed by atoms with Gasteiger partial charge in [0.1, 0.15) is 0 Å². The molecule has 0 aliphatic carbocycles. The molecule has 2 radical (unpaired) electrons. The second kappa shape index (κ2) is 6000.